The first-order chi connectivity index (χ1) is 19.6. The third-order valence-corrected chi connectivity index (χ3v) is 8.48. The summed E-state index contributed by atoms with van der Waals surface area (Å²) in [6.45, 7) is 2.12. The highest BCUT2D eigenvalue weighted by atomic mass is 32.1. The van der Waals surface area contributed by atoms with Gasteiger partial charge in [0.25, 0.3) is 0 Å². The van der Waals surface area contributed by atoms with Crippen molar-refractivity contribution in [1.29, 1.82) is 5.26 Å². The minimum Gasteiger partial charge on any atom is -0.236 e. The Balaban J connectivity index is 1.12. The number of rotatable bonds is 4. The van der Waals surface area contributed by atoms with E-state index in [0.29, 0.717) is 5.56 Å². The van der Waals surface area contributed by atoms with Gasteiger partial charge >= 0.3 is 0 Å². The largest absolute Gasteiger partial charge is 0.236 e. The highest BCUT2D eigenvalue weighted by Gasteiger charge is 2.08. The number of fused-ring (bicyclic) bond motifs is 2. The van der Waals surface area contributed by atoms with Crippen molar-refractivity contribution in [3.05, 3.63) is 139 Å². The molecule has 0 bridgehead atoms. The van der Waals surface area contributed by atoms with E-state index in [-0.39, 0.29) is 0 Å². The van der Waals surface area contributed by atoms with E-state index in [9.17, 15) is 0 Å². The standard InChI is InChI=1S/C37H24N2S/c1-24-2-19-35-36(20-24)40-37(39-35)30-13-11-29(12-14-30)32-16-18-33-21-31(15-17-34(33)22-32)28-9-7-27(8-10-28)26-5-3-25(23-38)4-6-26/h2-22H,1H3. The molecule has 0 aliphatic rings. The smallest absolute Gasteiger partial charge is 0.124 e. The Labute approximate surface area is 237 Å². The van der Waals surface area contributed by atoms with E-state index < -0.39 is 0 Å². The summed E-state index contributed by atoms with van der Waals surface area (Å²) in [6.07, 6.45) is 0. The molecular formula is C37H24N2S. The minimum absolute atomic E-state index is 0.677. The molecule has 0 saturated carbocycles. The van der Waals surface area contributed by atoms with Gasteiger partial charge in [0.1, 0.15) is 5.01 Å². The molecule has 0 fully saturated rings. The van der Waals surface area contributed by atoms with Gasteiger partial charge in [-0.2, -0.15) is 5.26 Å². The van der Waals surface area contributed by atoms with Gasteiger partial charge in [0.2, 0.25) is 0 Å². The van der Waals surface area contributed by atoms with E-state index in [1.54, 1.807) is 11.3 Å². The molecular weight excluding hydrogens is 504 g/mol. The molecule has 0 unspecified atom stereocenters. The molecule has 0 aliphatic heterocycles. The zero-order chi connectivity index (χ0) is 27.1. The lowest BCUT2D eigenvalue weighted by Gasteiger charge is -2.09. The number of nitriles is 1. The Morgan fingerprint density at radius 3 is 1.55 bits per heavy atom. The van der Waals surface area contributed by atoms with E-state index in [0.717, 1.165) is 27.2 Å². The third kappa shape index (κ3) is 4.56. The van der Waals surface area contributed by atoms with Gasteiger partial charge in [0, 0.05) is 5.56 Å². The predicted molar refractivity (Wildman–Crippen MR) is 168 cm³/mol. The summed E-state index contributed by atoms with van der Waals surface area (Å²) in [6, 6.07) is 47.0. The maximum absolute atomic E-state index is 9.03. The van der Waals surface area contributed by atoms with Crippen LogP contribution in [-0.4, -0.2) is 4.98 Å². The van der Waals surface area contributed by atoms with Gasteiger partial charge in [-0.15, -0.1) is 11.3 Å². The number of thiazole rings is 1. The van der Waals surface area contributed by atoms with Gasteiger partial charge < -0.3 is 0 Å². The van der Waals surface area contributed by atoms with E-state index in [2.05, 4.69) is 116 Å². The zero-order valence-corrected chi connectivity index (χ0v) is 22.7. The van der Waals surface area contributed by atoms with Crippen LogP contribution >= 0.6 is 11.3 Å². The second kappa shape index (κ2) is 9.93. The molecule has 7 rings (SSSR count). The number of hydrogen-bond donors (Lipinski definition) is 0. The number of nitrogens with zero attached hydrogens (tertiary/aromatic N) is 2. The van der Waals surface area contributed by atoms with E-state index in [1.165, 1.54) is 43.3 Å². The predicted octanol–water partition coefficient (Wildman–Crippen LogP) is 10.3. The van der Waals surface area contributed by atoms with Crippen LogP contribution in [0, 0.1) is 18.3 Å². The Morgan fingerprint density at radius 2 is 1.00 bits per heavy atom. The van der Waals surface area contributed by atoms with Crippen LogP contribution in [0.25, 0.3) is 64.9 Å². The minimum atomic E-state index is 0.677. The van der Waals surface area contributed by atoms with E-state index in [4.69, 9.17) is 10.2 Å². The normalized spacial score (nSPS) is 11.1. The van der Waals surface area contributed by atoms with Crippen LogP contribution in [0.15, 0.2) is 127 Å². The molecule has 0 N–H and O–H groups in total. The fraction of sp³-hybridized carbons (Fsp3) is 0.0270. The van der Waals surface area contributed by atoms with Crippen LogP contribution in [0.1, 0.15) is 11.1 Å². The quantitative estimate of drug-likeness (QED) is 0.228. The Morgan fingerprint density at radius 1 is 0.525 bits per heavy atom. The summed E-state index contributed by atoms with van der Waals surface area (Å²) in [4.78, 5) is 4.84. The topological polar surface area (TPSA) is 36.7 Å². The molecule has 2 nitrogen and oxygen atoms in total. The molecule has 188 valence electrons. The molecule has 3 heteroatoms. The van der Waals surface area contributed by atoms with E-state index in [1.807, 2.05) is 24.3 Å². The molecule has 1 heterocycles. The Kier molecular flexibility index (Phi) is 5.96. The van der Waals surface area contributed by atoms with Crippen molar-refractivity contribution in [2.24, 2.45) is 0 Å². The monoisotopic (exact) mass is 528 g/mol. The first-order valence-electron chi connectivity index (χ1n) is 13.3. The van der Waals surface area contributed by atoms with Gasteiger partial charge in [-0.1, -0.05) is 91.0 Å². The summed E-state index contributed by atoms with van der Waals surface area (Å²) >= 11 is 1.75. The van der Waals surface area contributed by atoms with Gasteiger partial charge in [-0.3, -0.25) is 0 Å². The molecule has 0 atom stereocenters. The van der Waals surface area contributed by atoms with Crippen molar-refractivity contribution < 1.29 is 0 Å². The van der Waals surface area contributed by atoms with E-state index >= 15 is 0 Å². The van der Waals surface area contributed by atoms with Crippen molar-refractivity contribution >= 4 is 32.3 Å². The van der Waals surface area contributed by atoms with Crippen LogP contribution < -0.4 is 0 Å². The SMILES string of the molecule is Cc1ccc2nc(-c3ccc(-c4ccc5cc(-c6ccc(-c7ccc(C#N)cc7)cc6)ccc5c4)cc3)sc2c1. The fourth-order valence-corrected chi connectivity index (χ4v) is 6.23. The molecule has 7 aromatic rings. The Hall–Kier alpha value is -5.04. The summed E-state index contributed by atoms with van der Waals surface area (Å²) in [7, 11) is 0. The van der Waals surface area contributed by atoms with Gasteiger partial charge in [0.05, 0.1) is 21.8 Å². The fourth-order valence-electron chi connectivity index (χ4n) is 5.16. The van der Waals surface area contributed by atoms with Crippen molar-refractivity contribution in [2.75, 3.05) is 0 Å². The van der Waals surface area contributed by atoms with Gasteiger partial charge in [-0.05, 0) is 93.0 Å². The first kappa shape index (κ1) is 24.0. The molecule has 0 spiro atoms. The molecule has 1 aromatic heterocycles. The third-order valence-electron chi connectivity index (χ3n) is 7.41. The molecule has 0 saturated heterocycles. The van der Waals surface area contributed by atoms with Gasteiger partial charge in [0.15, 0.2) is 0 Å². The van der Waals surface area contributed by atoms with Crippen LogP contribution in [-0.2, 0) is 0 Å². The zero-order valence-electron chi connectivity index (χ0n) is 21.9. The first-order valence-corrected chi connectivity index (χ1v) is 14.1. The number of aryl methyl sites for hydroxylation is 1. The highest BCUT2D eigenvalue weighted by Crippen LogP contribution is 2.34. The molecule has 6 aromatic carbocycles. The van der Waals surface area contributed by atoms with Crippen molar-refractivity contribution in [1.82, 2.24) is 4.98 Å². The number of benzene rings is 6. The lowest BCUT2D eigenvalue weighted by atomic mass is 9.96. The lowest BCUT2D eigenvalue weighted by molar-refractivity contribution is 1.45. The maximum atomic E-state index is 9.03. The highest BCUT2D eigenvalue weighted by molar-refractivity contribution is 7.21. The number of aromatic nitrogens is 1. The second-order valence-electron chi connectivity index (χ2n) is 10.1. The lowest BCUT2D eigenvalue weighted by Crippen LogP contribution is -1.83. The molecule has 40 heavy (non-hydrogen) atoms. The van der Waals surface area contributed by atoms with Crippen LogP contribution in [0.3, 0.4) is 0 Å². The number of hydrogen-bond acceptors (Lipinski definition) is 3. The average molecular weight is 529 g/mol. The summed E-state index contributed by atoms with van der Waals surface area (Å²) in [5.41, 5.74) is 11.2. The maximum Gasteiger partial charge on any atom is 0.124 e. The van der Waals surface area contributed by atoms with Crippen molar-refractivity contribution in [2.45, 2.75) is 6.92 Å². The molecule has 0 amide bonds. The van der Waals surface area contributed by atoms with Crippen LogP contribution in [0.2, 0.25) is 0 Å². The van der Waals surface area contributed by atoms with Crippen molar-refractivity contribution in [3.63, 3.8) is 0 Å². The van der Waals surface area contributed by atoms with Gasteiger partial charge in [-0.25, -0.2) is 4.98 Å². The second-order valence-corrected chi connectivity index (χ2v) is 11.1. The summed E-state index contributed by atoms with van der Waals surface area (Å²) < 4.78 is 1.23. The summed E-state index contributed by atoms with van der Waals surface area (Å²) in [5, 5.41) is 12.5. The summed E-state index contributed by atoms with van der Waals surface area (Å²) in [5.74, 6) is 0. The van der Waals surface area contributed by atoms with Crippen LogP contribution in [0.4, 0.5) is 0 Å². The van der Waals surface area contributed by atoms with Crippen LogP contribution in [0.5, 0.6) is 0 Å². The molecule has 0 aliphatic carbocycles. The average Bonchev–Trinajstić information content (AvgIpc) is 3.44. The van der Waals surface area contributed by atoms with Crippen molar-refractivity contribution in [3.8, 4) is 50.0 Å². The molecule has 0 radical (unpaired) electrons. The Bertz CT molecular complexity index is 2040.